The minimum absolute atomic E-state index is 0.0736. The molecule has 4 rings (SSSR count). The predicted octanol–water partition coefficient (Wildman–Crippen LogP) is 4.14. The van der Waals surface area contributed by atoms with E-state index in [9.17, 15) is 4.79 Å². The first-order valence-corrected chi connectivity index (χ1v) is 10.1. The lowest BCUT2D eigenvalue weighted by molar-refractivity contribution is 0.241. The van der Waals surface area contributed by atoms with E-state index in [1.807, 2.05) is 6.07 Å². The maximum absolute atomic E-state index is 12.6. The maximum Gasteiger partial charge on any atom is 0.255 e. The van der Waals surface area contributed by atoms with Crippen LogP contribution >= 0.6 is 15.9 Å². The Balaban J connectivity index is 1.52. The first-order valence-electron chi connectivity index (χ1n) is 9.28. The molecule has 1 fully saturated rings. The zero-order valence-electron chi connectivity index (χ0n) is 14.4. The molecular weight excluding hydrogens is 378 g/mol. The van der Waals surface area contributed by atoms with Crippen molar-refractivity contribution < 1.29 is 0 Å². The molecule has 0 unspecified atom stereocenters. The predicted molar refractivity (Wildman–Crippen MR) is 103 cm³/mol. The third-order valence-corrected chi connectivity index (χ3v) is 5.95. The van der Waals surface area contributed by atoms with Crippen molar-refractivity contribution in [1.29, 1.82) is 0 Å². The van der Waals surface area contributed by atoms with Crippen molar-refractivity contribution >= 4 is 15.9 Å². The number of hydrogen-bond donors (Lipinski definition) is 1. The van der Waals surface area contributed by atoms with Crippen LogP contribution in [0, 0.1) is 0 Å². The largest absolute Gasteiger partial charge is 0.310 e. The van der Waals surface area contributed by atoms with Crippen LogP contribution in [-0.2, 0) is 19.5 Å². The van der Waals surface area contributed by atoms with Gasteiger partial charge >= 0.3 is 0 Å². The average molecular weight is 402 g/mol. The van der Waals surface area contributed by atoms with E-state index < -0.39 is 0 Å². The highest BCUT2D eigenvalue weighted by Crippen LogP contribution is 2.30. The molecule has 132 valence electrons. The molecule has 1 aromatic carbocycles. The second-order valence-corrected chi connectivity index (χ2v) is 8.22. The van der Waals surface area contributed by atoms with E-state index in [0.29, 0.717) is 12.5 Å². The fourth-order valence-electron chi connectivity index (χ4n) is 4.10. The van der Waals surface area contributed by atoms with Crippen LogP contribution in [-0.4, -0.2) is 21.4 Å². The fourth-order valence-corrected chi connectivity index (χ4v) is 4.54. The van der Waals surface area contributed by atoms with E-state index in [1.165, 1.54) is 24.8 Å². The first kappa shape index (κ1) is 17.0. The minimum atomic E-state index is 0.0736. The number of hydrogen-bond acceptors (Lipinski definition) is 3. The summed E-state index contributed by atoms with van der Waals surface area (Å²) in [7, 11) is 0. The SMILES string of the molecule is O=c1[nH]c(C2CCCCC2)nc2c1CN(Cc1cccc(Br)c1)CC2. The Hall–Kier alpha value is -1.46. The molecule has 1 aromatic heterocycles. The molecule has 1 saturated carbocycles. The van der Waals surface area contributed by atoms with Gasteiger partial charge in [0.1, 0.15) is 5.82 Å². The number of halogens is 1. The number of H-pyrrole nitrogens is 1. The molecule has 1 aliphatic carbocycles. The lowest BCUT2D eigenvalue weighted by atomic mass is 9.88. The third kappa shape index (κ3) is 3.87. The summed E-state index contributed by atoms with van der Waals surface area (Å²) in [4.78, 5) is 22.9. The van der Waals surface area contributed by atoms with E-state index in [2.05, 4.69) is 44.0 Å². The molecule has 2 heterocycles. The van der Waals surface area contributed by atoms with Crippen molar-refractivity contribution in [2.75, 3.05) is 6.54 Å². The molecule has 1 aliphatic heterocycles. The van der Waals surface area contributed by atoms with Gasteiger partial charge in [0.05, 0.1) is 11.3 Å². The lowest BCUT2D eigenvalue weighted by Crippen LogP contribution is -2.36. The molecule has 0 atom stereocenters. The molecule has 2 aromatic rings. The van der Waals surface area contributed by atoms with E-state index in [4.69, 9.17) is 4.98 Å². The Labute approximate surface area is 156 Å². The number of aromatic amines is 1. The normalized spacial score (nSPS) is 18.9. The summed E-state index contributed by atoms with van der Waals surface area (Å²) >= 11 is 3.53. The molecular formula is C20H24BrN3O. The molecule has 25 heavy (non-hydrogen) atoms. The number of fused-ring (bicyclic) bond motifs is 1. The number of aromatic nitrogens is 2. The van der Waals surface area contributed by atoms with Crippen molar-refractivity contribution in [1.82, 2.24) is 14.9 Å². The standard InChI is InChI=1S/C20H24BrN3O/c21-16-8-4-5-14(11-16)12-24-10-9-18-17(13-24)20(25)23-19(22-18)15-6-2-1-3-7-15/h4-5,8,11,15H,1-3,6-7,9-10,12-13H2,(H,22,23,25). The van der Waals surface area contributed by atoms with Crippen LogP contribution in [0.5, 0.6) is 0 Å². The second kappa shape index (κ2) is 7.42. The van der Waals surface area contributed by atoms with Crippen LogP contribution in [0.25, 0.3) is 0 Å². The van der Waals surface area contributed by atoms with Gasteiger partial charge in [-0.2, -0.15) is 0 Å². The number of benzene rings is 1. The van der Waals surface area contributed by atoms with Gasteiger partial charge in [0, 0.05) is 36.4 Å². The van der Waals surface area contributed by atoms with Crippen LogP contribution in [0.1, 0.15) is 60.7 Å². The van der Waals surface area contributed by atoms with Crippen LogP contribution in [0.4, 0.5) is 0 Å². The molecule has 0 spiro atoms. The Kier molecular flexibility index (Phi) is 5.04. The summed E-state index contributed by atoms with van der Waals surface area (Å²) < 4.78 is 1.10. The Morgan fingerprint density at radius 2 is 2.08 bits per heavy atom. The zero-order chi connectivity index (χ0) is 17.2. The zero-order valence-corrected chi connectivity index (χ0v) is 16.0. The van der Waals surface area contributed by atoms with E-state index in [-0.39, 0.29) is 5.56 Å². The highest BCUT2D eigenvalue weighted by atomic mass is 79.9. The van der Waals surface area contributed by atoms with E-state index >= 15 is 0 Å². The minimum Gasteiger partial charge on any atom is -0.310 e. The molecule has 4 nitrogen and oxygen atoms in total. The summed E-state index contributed by atoms with van der Waals surface area (Å²) in [5.41, 5.74) is 3.22. The van der Waals surface area contributed by atoms with Gasteiger partial charge in [-0.3, -0.25) is 9.69 Å². The molecule has 1 N–H and O–H groups in total. The molecule has 0 radical (unpaired) electrons. The van der Waals surface area contributed by atoms with Gasteiger partial charge in [-0.25, -0.2) is 4.98 Å². The summed E-state index contributed by atoms with van der Waals surface area (Å²) in [5, 5.41) is 0. The van der Waals surface area contributed by atoms with Crippen molar-refractivity contribution in [3.8, 4) is 0 Å². The van der Waals surface area contributed by atoms with Gasteiger partial charge in [-0.05, 0) is 30.5 Å². The smallest absolute Gasteiger partial charge is 0.255 e. The molecule has 2 aliphatic rings. The highest BCUT2D eigenvalue weighted by Gasteiger charge is 2.24. The van der Waals surface area contributed by atoms with Crippen LogP contribution < -0.4 is 5.56 Å². The second-order valence-electron chi connectivity index (χ2n) is 7.30. The lowest BCUT2D eigenvalue weighted by Gasteiger charge is -2.29. The van der Waals surface area contributed by atoms with Crippen LogP contribution in [0.15, 0.2) is 33.5 Å². The van der Waals surface area contributed by atoms with E-state index in [1.54, 1.807) is 0 Å². The number of nitrogens with one attached hydrogen (secondary N) is 1. The van der Waals surface area contributed by atoms with Gasteiger partial charge in [-0.1, -0.05) is 47.3 Å². The monoisotopic (exact) mass is 401 g/mol. The van der Waals surface area contributed by atoms with Crippen LogP contribution in [0.3, 0.4) is 0 Å². The topological polar surface area (TPSA) is 49.0 Å². The summed E-state index contributed by atoms with van der Waals surface area (Å²) in [6, 6.07) is 8.37. The first-order chi connectivity index (χ1) is 12.2. The summed E-state index contributed by atoms with van der Waals surface area (Å²) in [6.07, 6.45) is 7.02. The molecule has 0 amide bonds. The molecule has 0 saturated heterocycles. The Bertz CT molecular complexity index is 811. The number of rotatable bonds is 3. The van der Waals surface area contributed by atoms with E-state index in [0.717, 1.165) is 53.9 Å². The molecule has 5 heteroatoms. The van der Waals surface area contributed by atoms with Crippen molar-refractivity contribution in [2.45, 2.75) is 57.5 Å². The molecule has 0 bridgehead atoms. The van der Waals surface area contributed by atoms with Gasteiger partial charge in [0.2, 0.25) is 0 Å². The Morgan fingerprint density at radius 3 is 2.88 bits per heavy atom. The average Bonchev–Trinajstić information content (AvgIpc) is 2.63. The maximum atomic E-state index is 12.6. The summed E-state index contributed by atoms with van der Waals surface area (Å²) in [5.74, 6) is 1.38. The fraction of sp³-hybridized carbons (Fsp3) is 0.500. The Morgan fingerprint density at radius 1 is 1.24 bits per heavy atom. The highest BCUT2D eigenvalue weighted by molar-refractivity contribution is 9.10. The van der Waals surface area contributed by atoms with Gasteiger partial charge in [-0.15, -0.1) is 0 Å². The van der Waals surface area contributed by atoms with Crippen LogP contribution in [0.2, 0.25) is 0 Å². The number of nitrogens with zero attached hydrogens (tertiary/aromatic N) is 2. The van der Waals surface area contributed by atoms with Gasteiger partial charge < -0.3 is 4.98 Å². The van der Waals surface area contributed by atoms with Crippen molar-refractivity contribution in [3.05, 3.63) is 61.7 Å². The third-order valence-electron chi connectivity index (χ3n) is 5.45. The quantitative estimate of drug-likeness (QED) is 0.840. The van der Waals surface area contributed by atoms with Gasteiger partial charge in [0.15, 0.2) is 0 Å². The van der Waals surface area contributed by atoms with Crippen molar-refractivity contribution in [3.63, 3.8) is 0 Å². The summed E-state index contributed by atoms with van der Waals surface area (Å²) in [6.45, 7) is 2.51. The van der Waals surface area contributed by atoms with Crippen molar-refractivity contribution in [2.24, 2.45) is 0 Å². The van der Waals surface area contributed by atoms with Gasteiger partial charge in [0.25, 0.3) is 5.56 Å².